The Morgan fingerprint density at radius 2 is 1.93 bits per heavy atom. The monoisotopic (exact) mass is 406 g/mol. The maximum absolute atomic E-state index is 12.9. The van der Waals surface area contributed by atoms with Crippen LogP contribution in [0.4, 0.5) is 0 Å². The second kappa shape index (κ2) is 8.08. The van der Waals surface area contributed by atoms with Crippen molar-refractivity contribution in [2.24, 2.45) is 0 Å². The molecule has 4 rings (SSSR count). The van der Waals surface area contributed by atoms with Crippen LogP contribution in [0.2, 0.25) is 5.02 Å². The van der Waals surface area contributed by atoms with Crippen molar-refractivity contribution in [3.63, 3.8) is 0 Å². The Balaban J connectivity index is 1.81. The fraction of sp³-hybridized carbons (Fsp3) is 0.320. The Morgan fingerprint density at radius 3 is 2.62 bits per heavy atom. The number of allylic oxidation sites excluding steroid dienone is 1. The molecule has 0 radical (unpaired) electrons. The Kier molecular flexibility index (Phi) is 5.51. The van der Waals surface area contributed by atoms with Gasteiger partial charge < -0.3 is 9.47 Å². The molecular weight excluding hydrogens is 380 g/mol. The SMILES string of the molecule is C=CCC(C)c1cc2cc(Cl)ccc2n1-c1ccc(C(=O)N2CCCC2)c(C)c1. The van der Waals surface area contributed by atoms with Gasteiger partial charge in [-0.2, -0.15) is 0 Å². The summed E-state index contributed by atoms with van der Waals surface area (Å²) in [6.45, 7) is 9.89. The zero-order chi connectivity index (χ0) is 20.5. The smallest absolute Gasteiger partial charge is 0.254 e. The minimum absolute atomic E-state index is 0.149. The molecule has 3 nitrogen and oxygen atoms in total. The number of hydrogen-bond acceptors (Lipinski definition) is 1. The quantitative estimate of drug-likeness (QED) is 0.443. The number of fused-ring (bicyclic) bond motifs is 1. The first kappa shape index (κ1) is 19.8. The van der Waals surface area contributed by atoms with E-state index < -0.39 is 0 Å². The van der Waals surface area contributed by atoms with Gasteiger partial charge in [-0.05, 0) is 74.2 Å². The van der Waals surface area contributed by atoms with E-state index in [9.17, 15) is 4.79 Å². The van der Waals surface area contributed by atoms with Gasteiger partial charge in [0.15, 0.2) is 0 Å². The molecule has 29 heavy (non-hydrogen) atoms. The van der Waals surface area contributed by atoms with Gasteiger partial charge in [0.1, 0.15) is 0 Å². The van der Waals surface area contributed by atoms with Crippen molar-refractivity contribution in [1.82, 2.24) is 9.47 Å². The van der Waals surface area contributed by atoms with E-state index in [1.54, 1.807) is 0 Å². The molecule has 2 aromatic carbocycles. The normalized spacial score (nSPS) is 15.1. The molecule has 1 unspecified atom stereocenters. The fourth-order valence-corrected chi connectivity index (χ4v) is 4.53. The van der Waals surface area contributed by atoms with Crippen LogP contribution in [0.15, 0.2) is 55.1 Å². The first-order valence-electron chi connectivity index (χ1n) is 10.3. The van der Waals surface area contributed by atoms with Crippen LogP contribution in [0.1, 0.15) is 53.7 Å². The van der Waals surface area contributed by atoms with Crippen molar-refractivity contribution < 1.29 is 4.79 Å². The van der Waals surface area contributed by atoms with E-state index in [4.69, 9.17) is 11.6 Å². The Labute approximate surface area is 177 Å². The van der Waals surface area contributed by atoms with Gasteiger partial charge in [-0.15, -0.1) is 6.58 Å². The minimum atomic E-state index is 0.149. The second-order valence-corrected chi connectivity index (χ2v) is 8.47. The summed E-state index contributed by atoms with van der Waals surface area (Å²) in [7, 11) is 0. The van der Waals surface area contributed by atoms with E-state index in [0.717, 1.165) is 65.1 Å². The number of aromatic nitrogens is 1. The number of carbonyl (C=O) groups is 1. The number of halogens is 1. The maximum Gasteiger partial charge on any atom is 0.254 e. The zero-order valence-electron chi connectivity index (χ0n) is 17.1. The summed E-state index contributed by atoms with van der Waals surface area (Å²) in [5.41, 5.74) is 5.23. The number of rotatable bonds is 5. The third-order valence-electron chi connectivity index (χ3n) is 5.91. The molecule has 0 N–H and O–H groups in total. The summed E-state index contributed by atoms with van der Waals surface area (Å²) >= 11 is 6.24. The van der Waals surface area contributed by atoms with Gasteiger partial charge in [-0.25, -0.2) is 0 Å². The molecule has 4 heteroatoms. The zero-order valence-corrected chi connectivity index (χ0v) is 17.9. The largest absolute Gasteiger partial charge is 0.339 e. The van der Waals surface area contributed by atoms with Crippen LogP contribution in [-0.4, -0.2) is 28.5 Å². The highest BCUT2D eigenvalue weighted by Crippen LogP contribution is 2.33. The lowest BCUT2D eigenvalue weighted by Crippen LogP contribution is -2.28. The molecular formula is C25H27ClN2O. The summed E-state index contributed by atoms with van der Waals surface area (Å²) in [6.07, 6.45) is 5.06. The summed E-state index contributed by atoms with van der Waals surface area (Å²) < 4.78 is 2.29. The number of likely N-dealkylation sites (tertiary alicyclic amines) is 1. The molecule has 0 bridgehead atoms. The van der Waals surface area contributed by atoms with Crippen LogP contribution in [0.25, 0.3) is 16.6 Å². The third-order valence-corrected chi connectivity index (χ3v) is 6.14. The van der Waals surface area contributed by atoms with E-state index >= 15 is 0 Å². The maximum atomic E-state index is 12.9. The van der Waals surface area contributed by atoms with Crippen molar-refractivity contribution in [2.45, 2.75) is 39.0 Å². The van der Waals surface area contributed by atoms with Crippen LogP contribution in [0, 0.1) is 6.92 Å². The molecule has 0 aliphatic carbocycles. The molecule has 1 saturated heterocycles. The lowest BCUT2D eigenvalue weighted by atomic mass is 10.0. The van der Waals surface area contributed by atoms with Gasteiger partial charge in [-0.3, -0.25) is 4.79 Å². The number of nitrogens with zero attached hydrogens (tertiary/aromatic N) is 2. The Bertz CT molecular complexity index is 1080. The predicted octanol–water partition coefficient (Wildman–Crippen LogP) is 6.51. The molecule has 150 valence electrons. The molecule has 1 aliphatic heterocycles. The molecule has 1 aliphatic rings. The predicted molar refractivity (Wildman–Crippen MR) is 121 cm³/mol. The summed E-state index contributed by atoms with van der Waals surface area (Å²) in [5, 5.41) is 1.86. The number of carbonyl (C=O) groups excluding carboxylic acids is 1. The van der Waals surface area contributed by atoms with Crippen LogP contribution >= 0.6 is 11.6 Å². The second-order valence-electron chi connectivity index (χ2n) is 8.03. The van der Waals surface area contributed by atoms with Gasteiger partial charge in [0.05, 0.1) is 5.52 Å². The van der Waals surface area contributed by atoms with E-state index in [1.807, 2.05) is 36.1 Å². The topological polar surface area (TPSA) is 25.2 Å². The van der Waals surface area contributed by atoms with Gasteiger partial charge >= 0.3 is 0 Å². The molecule has 0 saturated carbocycles. The highest BCUT2D eigenvalue weighted by Gasteiger charge is 2.22. The Hall–Kier alpha value is -2.52. The fourth-order valence-electron chi connectivity index (χ4n) is 4.35. The van der Waals surface area contributed by atoms with Gasteiger partial charge in [-0.1, -0.05) is 24.6 Å². The van der Waals surface area contributed by atoms with Crippen molar-refractivity contribution in [2.75, 3.05) is 13.1 Å². The lowest BCUT2D eigenvalue weighted by molar-refractivity contribution is 0.0792. The number of aryl methyl sites for hydroxylation is 1. The van der Waals surface area contributed by atoms with Crippen molar-refractivity contribution in [3.8, 4) is 5.69 Å². The summed E-state index contributed by atoms with van der Waals surface area (Å²) in [4.78, 5) is 14.8. The molecule has 2 heterocycles. The average Bonchev–Trinajstić information content (AvgIpc) is 3.35. The van der Waals surface area contributed by atoms with Crippen molar-refractivity contribution in [3.05, 3.63) is 77.0 Å². The lowest BCUT2D eigenvalue weighted by Gasteiger charge is -2.19. The third kappa shape index (κ3) is 3.72. The molecule has 3 aromatic rings. The van der Waals surface area contributed by atoms with Crippen LogP contribution < -0.4 is 0 Å². The van der Waals surface area contributed by atoms with Gasteiger partial charge in [0.2, 0.25) is 0 Å². The van der Waals surface area contributed by atoms with E-state index in [-0.39, 0.29) is 5.91 Å². The van der Waals surface area contributed by atoms with Crippen LogP contribution in [0.5, 0.6) is 0 Å². The van der Waals surface area contributed by atoms with E-state index in [1.165, 1.54) is 5.69 Å². The summed E-state index contributed by atoms with van der Waals surface area (Å²) in [6, 6.07) is 14.4. The number of benzene rings is 2. The summed E-state index contributed by atoms with van der Waals surface area (Å²) in [5.74, 6) is 0.473. The number of amides is 1. The van der Waals surface area contributed by atoms with Gasteiger partial charge in [0, 0.05) is 46.4 Å². The van der Waals surface area contributed by atoms with Crippen molar-refractivity contribution in [1.29, 1.82) is 0 Å². The first-order valence-corrected chi connectivity index (χ1v) is 10.7. The van der Waals surface area contributed by atoms with E-state index in [0.29, 0.717) is 5.92 Å². The van der Waals surface area contributed by atoms with Crippen molar-refractivity contribution >= 4 is 28.4 Å². The molecule has 1 atom stereocenters. The number of hydrogen-bond donors (Lipinski definition) is 0. The van der Waals surface area contributed by atoms with Crippen LogP contribution in [0.3, 0.4) is 0 Å². The molecule has 1 aromatic heterocycles. The highest BCUT2D eigenvalue weighted by atomic mass is 35.5. The van der Waals surface area contributed by atoms with E-state index in [2.05, 4.69) is 42.3 Å². The highest BCUT2D eigenvalue weighted by molar-refractivity contribution is 6.31. The van der Waals surface area contributed by atoms with Gasteiger partial charge in [0.25, 0.3) is 5.91 Å². The van der Waals surface area contributed by atoms with Crippen LogP contribution in [-0.2, 0) is 0 Å². The Morgan fingerprint density at radius 1 is 1.17 bits per heavy atom. The molecule has 1 fully saturated rings. The standard InChI is InChI=1S/C25H27ClN2O/c1-4-7-17(2)24-16-19-15-20(26)8-11-23(19)28(24)21-9-10-22(18(3)14-21)25(29)27-12-5-6-13-27/h4,8-11,14-17H,1,5-7,12-13H2,2-3H3. The molecule has 1 amide bonds. The minimum Gasteiger partial charge on any atom is -0.339 e. The average molecular weight is 407 g/mol. The molecule has 0 spiro atoms. The first-order chi connectivity index (χ1) is 14.0.